The van der Waals surface area contributed by atoms with E-state index in [0.717, 1.165) is 29.9 Å². The van der Waals surface area contributed by atoms with Crippen LogP contribution in [0.1, 0.15) is 30.1 Å². The largest absolute Gasteiger partial charge is 0.350 e. The fraction of sp³-hybridized carbons (Fsp3) is 0.312. The Kier molecular flexibility index (Phi) is 3.78. The van der Waals surface area contributed by atoms with E-state index in [2.05, 4.69) is 25.8 Å². The minimum atomic E-state index is -0.151. The molecule has 8 nitrogen and oxygen atoms in total. The van der Waals surface area contributed by atoms with Crippen molar-refractivity contribution in [2.75, 3.05) is 0 Å². The molecule has 1 aromatic carbocycles. The second kappa shape index (κ2) is 6.23. The number of carbonyl (C=O) groups excluding carboxylic acids is 1. The summed E-state index contributed by atoms with van der Waals surface area (Å²) in [6.07, 6.45) is 5.87. The van der Waals surface area contributed by atoms with Gasteiger partial charge in [-0.2, -0.15) is 9.90 Å². The van der Waals surface area contributed by atoms with Crippen LogP contribution in [0.25, 0.3) is 5.69 Å². The van der Waals surface area contributed by atoms with Crippen molar-refractivity contribution in [1.29, 1.82) is 0 Å². The van der Waals surface area contributed by atoms with E-state index in [1.807, 2.05) is 36.5 Å². The zero-order valence-electron chi connectivity index (χ0n) is 13.0. The van der Waals surface area contributed by atoms with Crippen molar-refractivity contribution in [3.8, 4) is 5.69 Å². The van der Waals surface area contributed by atoms with Gasteiger partial charge < -0.3 is 5.32 Å². The highest BCUT2D eigenvalue weighted by Gasteiger charge is 2.28. The second-order valence-electron chi connectivity index (χ2n) is 5.86. The number of carbonyl (C=O) groups is 1. The Morgan fingerprint density at radius 2 is 2.08 bits per heavy atom. The van der Waals surface area contributed by atoms with E-state index in [0.29, 0.717) is 12.5 Å². The van der Waals surface area contributed by atoms with Crippen molar-refractivity contribution in [2.24, 2.45) is 0 Å². The lowest BCUT2D eigenvalue weighted by molar-refractivity contribution is -0.122. The van der Waals surface area contributed by atoms with Crippen LogP contribution in [0.4, 0.5) is 0 Å². The number of tetrazole rings is 1. The van der Waals surface area contributed by atoms with Crippen molar-refractivity contribution < 1.29 is 4.79 Å². The van der Waals surface area contributed by atoms with Crippen LogP contribution in [-0.4, -0.2) is 35.9 Å². The average Bonchev–Trinajstić information content (AvgIpc) is 3.17. The molecule has 0 unspecified atom stereocenters. The Labute approximate surface area is 138 Å². The predicted octanol–water partition coefficient (Wildman–Crippen LogP) is 1.05. The molecule has 1 aliphatic rings. The summed E-state index contributed by atoms with van der Waals surface area (Å²) in [5, 5.41) is 19.3. The summed E-state index contributed by atoms with van der Waals surface area (Å²) in [6, 6.07) is 9.83. The highest BCUT2D eigenvalue weighted by Crippen LogP contribution is 2.37. The van der Waals surface area contributed by atoms with Crippen LogP contribution in [0.5, 0.6) is 0 Å². The van der Waals surface area contributed by atoms with Gasteiger partial charge in [0, 0.05) is 24.2 Å². The normalized spacial score (nSPS) is 13.8. The number of aromatic nitrogens is 6. The van der Waals surface area contributed by atoms with Gasteiger partial charge in [0.1, 0.15) is 6.54 Å². The Morgan fingerprint density at radius 3 is 2.88 bits per heavy atom. The van der Waals surface area contributed by atoms with Crippen LogP contribution in [0, 0.1) is 0 Å². The number of benzene rings is 1. The Hall–Kier alpha value is -3.03. The molecular formula is C16H17N7O. The lowest BCUT2D eigenvalue weighted by atomic mass is 10.3. The number of para-hydroxylation sites is 1. The number of nitrogens with zero attached hydrogens (tertiary/aromatic N) is 6. The van der Waals surface area contributed by atoms with Crippen molar-refractivity contribution in [3.63, 3.8) is 0 Å². The number of hydrogen-bond acceptors (Lipinski definition) is 5. The monoisotopic (exact) mass is 323 g/mol. The van der Waals surface area contributed by atoms with Gasteiger partial charge in [-0.15, -0.1) is 10.2 Å². The van der Waals surface area contributed by atoms with Gasteiger partial charge in [0.15, 0.2) is 5.82 Å². The first-order valence-electron chi connectivity index (χ1n) is 7.91. The molecule has 0 saturated heterocycles. The molecule has 24 heavy (non-hydrogen) atoms. The first-order valence-corrected chi connectivity index (χ1v) is 7.91. The summed E-state index contributed by atoms with van der Waals surface area (Å²) in [5.41, 5.74) is 1.91. The lowest BCUT2D eigenvalue weighted by Crippen LogP contribution is -2.28. The summed E-state index contributed by atoms with van der Waals surface area (Å²) in [7, 11) is 0. The summed E-state index contributed by atoms with van der Waals surface area (Å²) in [6.45, 7) is 0.488. The fourth-order valence-corrected chi connectivity index (χ4v) is 2.39. The van der Waals surface area contributed by atoms with Gasteiger partial charge in [-0.3, -0.25) is 4.79 Å². The maximum Gasteiger partial charge on any atom is 0.243 e. The van der Waals surface area contributed by atoms with Gasteiger partial charge in [0.05, 0.1) is 11.9 Å². The summed E-state index contributed by atoms with van der Waals surface area (Å²) in [5.74, 6) is 1.03. The van der Waals surface area contributed by atoms with Crippen LogP contribution in [0.2, 0.25) is 0 Å². The molecule has 2 aromatic heterocycles. The predicted molar refractivity (Wildman–Crippen MR) is 85.2 cm³/mol. The minimum Gasteiger partial charge on any atom is -0.350 e. The Bertz CT molecular complexity index is 835. The quantitative estimate of drug-likeness (QED) is 0.732. The Balaban J connectivity index is 1.31. The average molecular weight is 323 g/mol. The molecule has 0 spiro atoms. The molecule has 0 aliphatic heterocycles. The SMILES string of the molecule is O=C(Cn1nnc(C2CC2)n1)NCc1cnn(-c2ccccc2)c1. The lowest BCUT2D eigenvalue weighted by Gasteiger charge is -2.02. The van der Waals surface area contributed by atoms with Gasteiger partial charge in [-0.25, -0.2) is 4.68 Å². The van der Waals surface area contributed by atoms with Crippen molar-refractivity contribution in [3.05, 3.63) is 54.1 Å². The zero-order chi connectivity index (χ0) is 16.4. The van der Waals surface area contributed by atoms with Crippen molar-refractivity contribution >= 4 is 5.91 Å². The molecule has 1 aliphatic carbocycles. The van der Waals surface area contributed by atoms with Gasteiger partial charge in [0.25, 0.3) is 0 Å². The maximum absolute atomic E-state index is 12.0. The molecule has 0 atom stereocenters. The highest BCUT2D eigenvalue weighted by molar-refractivity contribution is 5.75. The van der Waals surface area contributed by atoms with Gasteiger partial charge in [-0.1, -0.05) is 18.2 Å². The molecule has 1 amide bonds. The van der Waals surface area contributed by atoms with Gasteiger partial charge in [-0.05, 0) is 30.2 Å². The first-order chi connectivity index (χ1) is 11.8. The second-order valence-corrected chi connectivity index (χ2v) is 5.86. The highest BCUT2D eigenvalue weighted by atomic mass is 16.2. The molecule has 0 bridgehead atoms. The van der Waals surface area contributed by atoms with Crippen LogP contribution in [-0.2, 0) is 17.9 Å². The van der Waals surface area contributed by atoms with Crippen LogP contribution in [0.3, 0.4) is 0 Å². The summed E-state index contributed by atoms with van der Waals surface area (Å²) >= 11 is 0. The zero-order valence-corrected chi connectivity index (χ0v) is 13.0. The molecule has 122 valence electrons. The van der Waals surface area contributed by atoms with E-state index < -0.39 is 0 Å². The van der Waals surface area contributed by atoms with Crippen LogP contribution in [0.15, 0.2) is 42.7 Å². The number of hydrogen-bond donors (Lipinski definition) is 1. The standard InChI is InChI=1S/C16H17N7O/c24-15(11-23-20-16(19-21-23)13-6-7-13)17-8-12-9-18-22(10-12)14-4-2-1-3-5-14/h1-5,9-10,13H,6-8,11H2,(H,17,24). The molecule has 1 N–H and O–H groups in total. The van der Waals surface area contributed by atoms with Gasteiger partial charge >= 0.3 is 0 Å². The number of rotatable bonds is 6. The van der Waals surface area contributed by atoms with E-state index in [-0.39, 0.29) is 12.5 Å². The molecule has 1 saturated carbocycles. The third-order valence-electron chi connectivity index (χ3n) is 3.84. The summed E-state index contributed by atoms with van der Waals surface area (Å²) < 4.78 is 1.78. The molecule has 0 radical (unpaired) electrons. The third-order valence-corrected chi connectivity index (χ3v) is 3.84. The molecule has 3 aromatic rings. The number of amides is 1. The van der Waals surface area contributed by atoms with E-state index >= 15 is 0 Å². The Morgan fingerprint density at radius 1 is 1.25 bits per heavy atom. The number of nitrogens with one attached hydrogen (secondary N) is 1. The van der Waals surface area contributed by atoms with Crippen LogP contribution >= 0.6 is 0 Å². The molecule has 4 rings (SSSR count). The molecular weight excluding hydrogens is 306 g/mol. The van der Waals surface area contributed by atoms with Crippen molar-refractivity contribution in [1.82, 2.24) is 35.3 Å². The van der Waals surface area contributed by atoms with E-state index in [4.69, 9.17) is 0 Å². The minimum absolute atomic E-state index is 0.0759. The third kappa shape index (κ3) is 3.32. The van der Waals surface area contributed by atoms with Gasteiger partial charge in [0.2, 0.25) is 5.91 Å². The summed E-state index contributed by atoms with van der Waals surface area (Å²) in [4.78, 5) is 13.3. The molecule has 8 heteroatoms. The maximum atomic E-state index is 12.0. The van der Waals surface area contributed by atoms with E-state index in [1.54, 1.807) is 10.9 Å². The van der Waals surface area contributed by atoms with E-state index in [1.165, 1.54) is 4.80 Å². The van der Waals surface area contributed by atoms with E-state index in [9.17, 15) is 4.79 Å². The molecule has 1 fully saturated rings. The molecule has 2 heterocycles. The first kappa shape index (κ1) is 14.6. The van der Waals surface area contributed by atoms with Crippen molar-refractivity contribution in [2.45, 2.75) is 31.8 Å². The smallest absolute Gasteiger partial charge is 0.243 e. The fourth-order valence-electron chi connectivity index (χ4n) is 2.39. The topological polar surface area (TPSA) is 90.5 Å². The van der Waals surface area contributed by atoms with Crippen LogP contribution < -0.4 is 5.32 Å².